The topological polar surface area (TPSA) is 32.7 Å². The molecule has 0 heterocycles. The Labute approximate surface area is 116 Å². The molecule has 1 fully saturated rings. The Morgan fingerprint density at radius 3 is 2.79 bits per heavy atom. The van der Waals surface area contributed by atoms with Gasteiger partial charge < -0.3 is 14.7 Å². The summed E-state index contributed by atoms with van der Waals surface area (Å²) in [6.07, 6.45) is 2.99. The van der Waals surface area contributed by atoms with Crippen LogP contribution in [0.5, 0.6) is 5.75 Å². The van der Waals surface area contributed by atoms with E-state index in [9.17, 15) is 5.11 Å². The molecule has 1 aliphatic rings. The molecule has 0 spiro atoms. The van der Waals surface area contributed by atoms with E-state index in [1.807, 2.05) is 12.1 Å². The van der Waals surface area contributed by atoms with E-state index >= 15 is 0 Å². The number of benzene rings is 1. The summed E-state index contributed by atoms with van der Waals surface area (Å²) in [7, 11) is 5.89. The molecule has 3 nitrogen and oxygen atoms in total. The van der Waals surface area contributed by atoms with E-state index in [-0.39, 0.29) is 12.0 Å². The number of methoxy groups -OCH3 is 1. The predicted octanol–water partition coefficient (Wildman–Crippen LogP) is 2.50. The quantitative estimate of drug-likeness (QED) is 0.906. The highest BCUT2D eigenvalue weighted by molar-refractivity contribution is 5.32. The fraction of sp³-hybridized carbons (Fsp3) is 0.625. The van der Waals surface area contributed by atoms with Gasteiger partial charge in [-0.15, -0.1) is 0 Å². The number of aliphatic hydroxyl groups excluding tert-OH is 1. The molecule has 0 bridgehead atoms. The number of ether oxygens (including phenoxy) is 1. The van der Waals surface area contributed by atoms with E-state index in [4.69, 9.17) is 4.74 Å². The van der Waals surface area contributed by atoms with Crippen molar-refractivity contribution in [2.45, 2.75) is 31.3 Å². The van der Waals surface area contributed by atoms with Crippen LogP contribution < -0.4 is 4.74 Å². The maximum Gasteiger partial charge on any atom is 0.119 e. The molecule has 3 unspecified atom stereocenters. The Morgan fingerprint density at radius 2 is 2.11 bits per heavy atom. The molecule has 1 aromatic rings. The van der Waals surface area contributed by atoms with Crippen LogP contribution in [-0.4, -0.2) is 43.9 Å². The van der Waals surface area contributed by atoms with E-state index in [1.165, 1.54) is 12.0 Å². The Hall–Kier alpha value is -1.06. The van der Waals surface area contributed by atoms with Gasteiger partial charge in [0.05, 0.1) is 13.2 Å². The summed E-state index contributed by atoms with van der Waals surface area (Å²) in [5.41, 5.74) is 1.21. The molecule has 0 aliphatic heterocycles. The molecule has 1 aliphatic carbocycles. The van der Waals surface area contributed by atoms with Crippen molar-refractivity contribution in [3.05, 3.63) is 29.8 Å². The molecule has 0 saturated heterocycles. The van der Waals surface area contributed by atoms with Gasteiger partial charge in [0.1, 0.15) is 5.75 Å². The van der Waals surface area contributed by atoms with Gasteiger partial charge in [-0.2, -0.15) is 0 Å². The summed E-state index contributed by atoms with van der Waals surface area (Å²) < 4.78 is 5.31. The zero-order valence-electron chi connectivity index (χ0n) is 12.2. The second-order valence-electron chi connectivity index (χ2n) is 5.82. The van der Waals surface area contributed by atoms with Crippen LogP contribution in [0.3, 0.4) is 0 Å². The number of rotatable bonds is 4. The fourth-order valence-electron chi connectivity index (χ4n) is 3.28. The van der Waals surface area contributed by atoms with Crippen LogP contribution in [0.1, 0.15) is 30.7 Å². The summed E-state index contributed by atoms with van der Waals surface area (Å²) in [6, 6.07) is 8.16. The van der Waals surface area contributed by atoms with E-state index in [0.717, 1.165) is 25.1 Å². The van der Waals surface area contributed by atoms with Crippen molar-refractivity contribution >= 4 is 0 Å². The SMILES string of the molecule is COc1cccc(C2C(O)CCCC2CN(C)C)c1. The second kappa shape index (κ2) is 6.40. The zero-order chi connectivity index (χ0) is 13.8. The third-order valence-electron chi connectivity index (χ3n) is 4.08. The molecule has 106 valence electrons. The first kappa shape index (κ1) is 14.4. The van der Waals surface area contributed by atoms with E-state index in [2.05, 4.69) is 31.1 Å². The average molecular weight is 263 g/mol. The summed E-state index contributed by atoms with van der Waals surface area (Å²) >= 11 is 0. The minimum atomic E-state index is -0.231. The van der Waals surface area contributed by atoms with Crippen LogP contribution in [0.15, 0.2) is 24.3 Å². The Kier molecular flexibility index (Phi) is 4.83. The number of nitrogens with zero attached hydrogens (tertiary/aromatic N) is 1. The van der Waals surface area contributed by atoms with Crippen molar-refractivity contribution in [1.29, 1.82) is 0 Å². The first-order valence-electron chi connectivity index (χ1n) is 7.08. The molecule has 0 amide bonds. The standard InChI is InChI=1S/C16H25NO2/c1-17(2)11-13-7-5-9-15(18)16(13)12-6-4-8-14(10-12)19-3/h4,6,8,10,13,15-16,18H,5,7,9,11H2,1-3H3. The summed E-state index contributed by atoms with van der Waals surface area (Å²) in [5, 5.41) is 10.4. The number of hydrogen-bond donors (Lipinski definition) is 1. The monoisotopic (exact) mass is 263 g/mol. The highest BCUT2D eigenvalue weighted by Crippen LogP contribution is 2.39. The van der Waals surface area contributed by atoms with Crippen LogP contribution in [-0.2, 0) is 0 Å². The van der Waals surface area contributed by atoms with Crippen LogP contribution >= 0.6 is 0 Å². The van der Waals surface area contributed by atoms with Crippen molar-refractivity contribution in [1.82, 2.24) is 4.90 Å². The van der Waals surface area contributed by atoms with Gasteiger partial charge in [-0.3, -0.25) is 0 Å². The van der Waals surface area contributed by atoms with E-state index in [1.54, 1.807) is 7.11 Å². The lowest BCUT2D eigenvalue weighted by molar-refractivity contribution is 0.0637. The lowest BCUT2D eigenvalue weighted by Gasteiger charge is -2.37. The van der Waals surface area contributed by atoms with E-state index < -0.39 is 0 Å². The summed E-state index contributed by atoms with van der Waals surface area (Å²) in [6.45, 7) is 1.03. The zero-order valence-corrected chi connectivity index (χ0v) is 12.2. The maximum atomic E-state index is 10.4. The highest BCUT2D eigenvalue weighted by atomic mass is 16.5. The Morgan fingerprint density at radius 1 is 1.32 bits per heavy atom. The van der Waals surface area contributed by atoms with Crippen LogP contribution in [0.4, 0.5) is 0 Å². The molecule has 0 aromatic heterocycles. The smallest absolute Gasteiger partial charge is 0.119 e. The van der Waals surface area contributed by atoms with Crippen LogP contribution in [0, 0.1) is 5.92 Å². The lowest BCUT2D eigenvalue weighted by atomic mass is 9.73. The Balaban J connectivity index is 2.24. The van der Waals surface area contributed by atoms with Gasteiger partial charge in [-0.1, -0.05) is 18.6 Å². The normalized spacial score (nSPS) is 27.5. The van der Waals surface area contributed by atoms with Gasteiger partial charge in [-0.25, -0.2) is 0 Å². The minimum absolute atomic E-state index is 0.228. The van der Waals surface area contributed by atoms with E-state index in [0.29, 0.717) is 5.92 Å². The molecule has 3 atom stereocenters. The van der Waals surface area contributed by atoms with Crippen molar-refractivity contribution in [2.24, 2.45) is 5.92 Å². The first-order valence-corrected chi connectivity index (χ1v) is 7.08. The number of hydrogen-bond acceptors (Lipinski definition) is 3. The maximum absolute atomic E-state index is 10.4. The highest BCUT2D eigenvalue weighted by Gasteiger charge is 2.33. The number of aliphatic hydroxyl groups is 1. The van der Waals surface area contributed by atoms with Gasteiger partial charge in [0.25, 0.3) is 0 Å². The predicted molar refractivity (Wildman–Crippen MR) is 77.6 cm³/mol. The molecular weight excluding hydrogens is 238 g/mol. The third kappa shape index (κ3) is 3.48. The van der Waals surface area contributed by atoms with Gasteiger partial charge in [0, 0.05) is 12.5 Å². The van der Waals surface area contributed by atoms with Crippen molar-refractivity contribution in [3.8, 4) is 5.75 Å². The Bertz CT molecular complexity index is 405. The van der Waals surface area contributed by atoms with Gasteiger partial charge >= 0.3 is 0 Å². The van der Waals surface area contributed by atoms with Crippen LogP contribution in [0.25, 0.3) is 0 Å². The van der Waals surface area contributed by atoms with Crippen molar-refractivity contribution in [3.63, 3.8) is 0 Å². The van der Waals surface area contributed by atoms with Gasteiger partial charge in [-0.05, 0) is 50.6 Å². The molecular formula is C16H25NO2. The fourth-order valence-corrected chi connectivity index (χ4v) is 3.28. The lowest BCUT2D eigenvalue weighted by Crippen LogP contribution is -2.36. The first-order chi connectivity index (χ1) is 9.11. The third-order valence-corrected chi connectivity index (χ3v) is 4.08. The summed E-state index contributed by atoms with van der Waals surface area (Å²) in [5.74, 6) is 1.62. The average Bonchev–Trinajstić information content (AvgIpc) is 2.38. The van der Waals surface area contributed by atoms with Crippen molar-refractivity contribution < 1.29 is 9.84 Å². The molecule has 1 saturated carbocycles. The molecule has 3 heteroatoms. The van der Waals surface area contributed by atoms with Gasteiger partial charge in [0.15, 0.2) is 0 Å². The molecule has 19 heavy (non-hydrogen) atoms. The van der Waals surface area contributed by atoms with Crippen LogP contribution in [0.2, 0.25) is 0 Å². The van der Waals surface area contributed by atoms with Gasteiger partial charge in [0.2, 0.25) is 0 Å². The molecule has 2 rings (SSSR count). The summed E-state index contributed by atoms with van der Waals surface area (Å²) in [4.78, 5) is 2.22. The molecule has 1 N–H and O–H groups in total. The second-order valence-corrected chi connectivity index (χ2v) is 5.82. The minimum Gasteiger partial charge on any atom is -0.497 e. The molecule has 1 aromatic carbocycles. The largest absolute Gasteiger partial charge is 0.497 e. The molecule has 0 radical (unpaired) electrons. The van der Waals surface area contributed by atoms with Crippen molar-refractivity contribution in [2.75, 3.05) is 27.7 Å².